The first-order valence-corrected chi connectivity index (χ1v) is 9.70. The minimum absolute atomic E-state index is 0.0331. The Morgan fingerprint density at radius 2 is 1.59 bits per heavy atom. The lowest BCUT2D eigenvalue weighted by Gasteiger charge is -2.11. The Kier molecular flexibility index (Phi) is 6.82. The molecule has 3 aromatic rings. The van der Waals surface area contributed by atoms with Crippen molar-refractivity contribution in [3.05, 3.63) is 89.0 Å². The van der Waals surface area contributed by atoms with Crippen molar-refractivity contribution in [2.75, 3.05) is 17.2 Å². The van der Waals surface area contributed by atoms with Gasteiger partial charge < -0.3 is 15.4 Å². The van der Waals surface area contributed by atoms with Gasteiger partial charge in [-0.3, -0.25) is 9.59 Å². The molecule has 0 bridgehead atoms. The van der Waals surface area contributed by atoms with Crippen molar-refractivity contribution in [2.24, 2.45) is 0 Å². The monoisotopic (exact) mass is 442 g/mol. The van der Waals surface area contributed by atoms with Gasteiger partial charge >= 0.3 is 6.18 Å². The zero-order valence-electron chi connectivity index (χ0n) is 17.4. The summed E-state index contributed by atoms with van der Waals surface area (Å²) < 4.78 is 44.0. The van der Waals surface area contributed by atoms with Crippen LogP contribution in [0.5, 0.6) is 5.75 Å². The van der Waals surface area contributed by atoms with Gasteiger partial charge in [-0.2, -0.15) is 13.2 Å². The molecule has 2 amide bonds. The van der Waals surface area contributed by atoms with Gasteiger partial charge in [-0.15, -0.1) is 0 Å². The molecule has 0 saturated heterocycles. The van der Waals surface area contributed by atoms with Crippen LogP contribution in [-0.4, -0.2) is 18.4 Å². The third-order valence-electron chi connectivity index (χ3n) is 4.57. The predicted octanol–water partition coefficient (Wildman–Crippen LogP) is 5.59. The fraction of sp³-hybridized carbons (Fsp3) is 0.167. The number of halogens is 3. The highest BCUT2D eigenvalue weighted by molar-refractivity contribution is 6.04. The van der Waals surface area contributed by atoms with E-state index in [9.17, 15) is 22.8 Å². The molecular weight excluding hydrogens is 421 g/mol. The average molecular weight is 442 g/mol. The second-order valence-electron chi connectivity index (χ2n) is 7.22. The van der Waals surface area contributed by atoms with Crippen LogP contribution in [-0.2, 0) is 11.0 Å². The fourth-order valence-corrected chi connectivity index (χ4v) is 2.98. The number of anilines is 2. The Hall–Kier alpha value is -3.81. The quantitative estimate of drug-likeness (QED) is 0.523. The Balaban J connectivity index is 1.56. The van der Waals surface area contributed by atoms with Crippen LogP contribution in [0, 0.1) is 13.8 Å². The van der Waals surface area contributed by atoms with Crippen molar-refractivity contribution in [3.8, 4) is 5.75 Å². The van der Waals surface area contributed by atoms with E-state index in [-0.39, 0.29) is 23.8 Å². The molecule has 0 radical (unpaired) electrons. The lowest BCUT2D eigenvalue weighted by molar-refractivity contribution is -0.137. The van der Waals surface area contributed by atoms with Gasteiger partial charge in [0.05, 0.1) is 5.56 Å². The lowest BCUT2D eigenvalue weighted by Crippen LogP contribution is -2.20. The van der Waals surface area contributed by atoms with Gasteiger partial charge in [-0.25, -0.2) is 0 Å². The van der Waals surface area contributed by atoms with Gasteiger partial charge in [0.25, 0.3) is 11.8 Å². The minimum Gasteiger partial charge on any atom is -0.483 e. The minimum atomic E-state index is -4.50. The molecule has 0 heterocycles. The van der Waals surface area contributed by atoms with Crippen LogP contribution in [0.1, 0.15) is 27.0 Å². The van der Waals surface area contributed by atoms with Crippen molar-refractivity contribution in [1.82, 2.24) is 0 Å². The molecule has 0 fully saturated rings. The molecule has 0 saturated carbocycles. The van der Waals surface area contributed by atoms with Crippen molar-refractivity contribution in [1.29, 1.82) is 0 Å². The molecule has 3 rings (SSSR count). The van der Waals surface area contributed by atoms with E-state index in [0.717, 1.165) is 23.3 Å². The van der Waals surface area contributed by atoms with Crippen molar-refractivity contribution in [2.45, 2.75) is 20.0 Å². The van der Waals surface area contributed by atoms with Crippen LogP contribution < -0.4 is 15.4 Å². The Bertz CT molecular complexity index is 1130. The molecule has 32 heavy (non-hydrogen) atoms. The Morgan fingerprint density at radius 3 is 2.25 bits per heavy atom. The number of nitrogens with one attached hydrogen (secondary N) is 2. The van der Waals surface area contributed by atoms with E-state index >= 15 is 0 Å². The van der Waals surface area contributed by atoms with Crippen LogP contribution in [0.25, 0.3) is 0 Å². The zero-order valence-corrected chi connectivity index (χ0v) is 17.4. The van der Waals surface area contributed by atoms with Gasteiger partial charge in [0.15, 0.2) is 6.61 Å². The maximum absolute atomic E-state index is 12.8. The summed E-state index contributed by atoms with van der Waals surface area (Å²) in [7, 11) is 0. The molecular formula is C24H21F3N2O3. The summed E-state index contributed by atoms with van der Waals surface area (Å²) in [5.74, 6) is -0.320. The highest BCUT2D eigenvalue weighted by Crippen LogP contribution is 2.30. The molecule has 0 aliphatic heterocycles. The molecule has 8 heteroatoms. The van der Waals surface area contributed by atoms with Crippen molar-refractivity contribution < 1.29 is 27.5 Å². The van der Waals surface area contributed by atoms with Crippen LogP contribution in [0.2, 0.25) is 0 Å². The number of hydrogen-bond donors (Lipinski definition) is 2. The summed E-state index contributed by atoms with van der Waals surface area (Å²) in [4.78, 5) is 24.5. The number of ether oxygens (including phenoxy) is 1. The molecule has 3 aromatic carbocycles. The largest absolute Gasteiger partial charge is 0.483 e. The number of carbonyl (C=O) groups is 2. The van der Waals surface area contributed by atoms with E-state index in [4.69, 9.17) is 4.74 Å². The number of hydrogen-bond acceptors (Lipinski definition) is 3. The summed E-state index contributed by atoms with van der Waals surface area (Å²) >= 11 is 0. The van der Waals surface area contributed by atoms with E-state index < -0.39 is 17.6 Å². The lowest BCUT2D eigenvalue weighted by atomic mass is 10.1. The molecule has 0 unspecified atom stereocenters. The molecule has 0 aromatic heterocycles. The maximum Gasteiger partial charge on any atom is 0.416 e. The first kappa shape index (κ1) is 22.9. The highest BCUT2D eigenvalue weighted by atomic mass is 19.4. The summed E-state index contributed by atoms with van der Waals surface area (Å²) in [5.41, 5.74) is 1.88. The van der Waals surface area contributed by atoms with Gasteiger partial charge in [0.1, 0.15) is 5.75 Å². The van der Waals surface area contributed by atoms with Gasteiger partial charge in [0.2, 0.25) is 0 Å². The number of aryl methyl sites for hydroxylation is 2. The third kappa shape index (κ3) is 6.10. The molecule has 5 nitrogen and oxygen atoms in total. The average Bonchev–Trinajstić information content (AvgIpc) is 2.73. The van der Waals surface area contributed by atoms with Crippen molar-refractivity contribution in [3.63, 3.8) is 0 Å². The van der Waals surface area contributed by atoms with E-state index in [0.29, 0.717) is 11.4 Å². The molecule has 2 N–H and O–H groups in total. The molecule has 0 spiro atoms. The Morgan fingerprint density at radius 1 is 0.875 bits per heavy atom. The SMILES string of the molecule is Cc1ccc(OCC(=O)Nc2ccc(C(=O)Nc3cccc(C(F)(F)F)c3)cc2)c(C)c1. The van der Waals surface area contributed by atoms with Crippen LogP contribution in [0.15, 0.2) is 66.7 Å². The number of carbonyl (C=O) groups excluding carboxylic acids is 2. The number of rotatable bonds is 6. The van der Waals surface area contributed by atoms with E-state index in [2.05, 4.69) is 10.6 Å². The second-order valence-corrected chi connectivity index (χ2v) is 7.22. The first-order valence-electron chi connectivity index (χ1n) is 9.70. The third-order valence-corrected chi connectivity index (χ3v) is 4.57. The van der Waals surface area contributed by atoms with E-state index in [1.165, 1.54) is 36.4 Å². The predicted molar refractivity (Wildman–Crippen MR) is 116 cm³/mol. The number of amides is 2. The van der Waals surface area contributed by atoms with Gasteiger partial charge in [-0.1, -0.05) is 23.8 Å². The highest BCUT2D eigenvalue weighted by Gasteiger charge is 2.30. The summed E-state index contributed by atoms with van der Waals surface area (Å²) in [6.07, 6.45) is -4.50. The maximum atomic E-state index is 12.8. The van der Waals surface area contributed by atoms with Crippen LogP contribution >= 0.6 is 0 Å². The van der Waals surface area contributed by atoms with Crippen LogP contribution in [0.3, 0.4) is 0 Å². The van der Waals surface area contributed by atoms with Gasteiger partial charge in [0, 0.05) is 16.9 Å². The summed E-state index contributed by atoms with van der Waals surface area (Å²) in [5, 5.41) is 5.09. The summed E-state index contributed by atoms with van der Waals surface area (Å²) in [6, 6.07) is 16.0. The van der Waals surface area contributed by atoms with Crippen LogP contribution in [0.4, 0.5) is 24.5 Å². The molecule has 0 aliphatic rings. The molecule has 0 atom stereocenters. The normalized spacial score (nSPS) is 11.0. The second kappa shape index (κ2) is 9.55. The van der Waals surface area contributed by atoms with E-state index in [1.54, 1.807) is 6.07 Å². The number of benzene rings is 3. The fourth-order valence-electron chi connectivity index (χ4n) is 2.98. The Labute approximate surface area is 183 Å². The first-order chi connectivity index (χ1) is 15.1. The smallest absolute Gasteiger partial charge is 0.416 e. The van der Waals surface area contributed by atoms with E-state index in [1.807, 2.05) is 26.0 Å². The summed E-state index contributed by atoms with van der Waals surface area (Å²) in [6.45, 7) is 3.68. The standard InChI is InChI=1S/C24H21F3N2O3/c1-15-6-11-21(16(2)12-15)32-14-22(30)28-19-9-7-17(8-10-19)23(31)29-20-5-3-4-18(13-20)24(25,26)27/h3-13H,14H2,1-2H3,(H,28,30)(H,29,31). The zero-order chi connectivity index (χ0) is 23.3. The van der Waals surface area contributed by atoms with Crippen molar-refractivity contribution >= 4 is 23.2 Å². The topological polar surface area (TPSA) is 67.4 Å². The molecule has 0 aliphatic carbocycles. The van der Waals surface area contributed by atoms with Gasteiger partial charge in [-0.05, 0) is 67.9 Å². The number of alkyl halides is 3. The molecule has 166 valence electrons.